The summed E-state index contributed by atoms with van der Waals surface area (Å²) >= 11 is 0. The number of aromatic nitrogens is 2. The predicted molar refractivity (Wildman–Crippen MR) is 60.1 cm³/mol. The van der Waals surface area contributed by atoms with E-state index in [0.717, 1.165) is 12.1 Å². The van der Waals surface area contributed by atoms with E-state index in [-0.39, 0.29) is 28.3 Å². The van der Waals surface area contributed by atoms with E-state index in [0.29, 0.717) is 13.0 Å². The molecule has 0 spiro atoms. The van der Waals surface area contributed by atoms with Gasteiger partial charge in [0.05, 0.1) is 17.9 Å². The minimum atomic E-state index is -1.25. The molecule has 1 aliphatic rings. The van der Waals surface area contributed by atoms with E-state index in [1.165, 1.54) is 0 Å². The Kier molecular flexibility index (Phi) is 2.48. The van der Waals surface area contributed by atoms with Crippen LogP contribution in [0, 0.1) is 11.6 Å². The summed E-state index contributed by atoms with van der Waals surface area (Å²) in [5.74, 6) is -2.64. The molecule has 0 unspecified atom stereocenters. The Morgan fingerprint density at radius 2 is 2.21 bits per heavy atom. The Bertz CT molecular complexity index is 682. The van der Waals surface area contributed by atoms with Crippen molar-refractivity contribution in [1.82, 2.24) is 10.2 Å². The summed E-state index contributed by atoms with van der Waals surface area (Å²) in [5.41, 5.74) is -0.364. The Balaban J connectivity index is 2.16. The lowest BCUT2D eigenvalue weighted by Crippen LogP contribution is -1.96. The van der Waals surface area contributed by atoms with E-state index in [1.54, 1.807) is 0 Å². The first-order chi connectivity index (χ1) is 9.08. The number of fused-ring (bicyclic) bond motifs is 1. The number of benzene rings is 1. The molecule has 0 atom stereocenters. The molecule has 5 nitrogen and oxygen atoms in total. The number of halogens is 2. The third-order valence-corrected chi connectivity index (χ3v) is 2.95. The van der Waals surface area contributed by atoms with Crippen molar-refractivity contribution in [3.8, 4) is 17.0 Å². The molecule has 0 radical (unpaired) electrons. The molecule has 2 aromatic rings. The maximum Gasteiger partial charge on any atom is 0.353 e. The van der Waals surface area contributed by atoms with Crippen LogP contribution in [0.5, 0.6) is 5.75 Å². The highest BCUT2D eigenvalue weighted by molar-refractivity contribution is 5.87. The second kappa shape index (κ2) is 4.04. The molecule has 19 heavy (non-hydrogen) atoms. The minimum absolute atomic E-state index is 0.0814. The van der Waals surface area contributed by atoms with E-state index in [9.17, 15) is 13.6 Å². The highest BCUT2D eigenvalue weighted by Gasteiger charge is 2.25. The van der Waals surface area contributed by atoms with E-state index in [2.05, 4.69) is 10.2 Å². The van der Waals surface area contributed by atoms with Crippen LogP contribution >= 0.6 is 0 Å². The van der Waals surface area contributed by atoms with Crippen LogP contribution in [0.15, 0.2) is 12.1 Å². The van der Waals surface area contributed by atoms with Crippen LogP contribution in [0.1, 0.15) is 16.1 Å². The fraction of sp³-hybridized carbons (Fsp3) is 0.167. The number of aromatic carboxylic acids is 1. The van der Waals surface area contributed by atoms with Crippen molar-refractivity contribution < 1.29 is 23.4 Å². The quantitative estimate of drug-likeness (QED) is 0.871. The summed E-state index contributed by atoms with van der Waals surface area (Å²) in [5, 5.41) is 14.6. The Hall–Kier alpha value is -2.44. The number of nitrogens with zero attached hydrogens (tertiary/aromatic N) is 1. The zero-order valence-electron chi connectivity index (χ0n) is 9.54. The lowest BCUT2D eigenvalue weighted by molar-refractivity contribution is 0.0690. The number of ether oxygens (including phenoxy) is 1. The Morgan fingerprint density at radius 3 is 2.89 bits per heavy atom. The predicted octanol–water partition coefficient (Wildman–Crippen LogP) is 1.99. The van der Waals surface area contributed by atoms with Crippen LogP contribution < -0.4 is 4.74 Å². The number of carboxylic acid groups (broad SMARTS) is 1. The molecular formula is C12H8F2N2O3. The molecule has 98 valence electrons. The van der Waals surface area contributed by atoms with Gasteiger partial charge in [0.2, 0.25) is 0 Å². The van der Waals surface area contributed by atoms with Crippen LogP contribution in [0.25, 0.3) is 11.3 Å². The highest BCUT2D eigenvalue weighted by atomic mass is 19.1. The molecule has 2 N–H and O–H groups in total. The molecule has 0 fully saturated rings. The minimum Gasteiger partial charge on any atom is -0.493 e. The third kappa shape index (κ3) is 1.74. The first-order valence-corrected chi connectivity index (χ1v) is 5.50. The van der Waals surface area contributed by atoms with Gasteiger partial charge in [0.15, 0.2) is 0 Å². The number of hydrogen-bond acceptors (Lipinski definition) is 3. The van der Waals surface area contributed by atoms with E-state index < -0.39 is 17.6 Å². The maximum absolute atomic E-state index is 14.2. The maximum atomic E-state index is 14.2. The van der Waals surface area contributed by atoms with E-state index in [4.69, 9.17) is 9.84 Å². The van der Waals surface area contributed by atoms with Gasteiger partial charge in [-0.25, -0.2) is 13.6 Å². The van der Waals surface area contributed by atoms with Crippen molar-refractivity contribution in [3.05, 3.63) is 35.0 Å². The number of H-pyrrole nitrogens is 1. The number of aromatic amines is 1. The normalized spacial score (nSPS) is 13.2. The van der Waals surface area contributed by atoms with Crippen LogP contribution in [0.4, 0.5) is 8.78 Å². The van der Waals surface area contributed by atoms with Gasteiger partial charge in [0.25, 0.3) is 0 Å². The van der Waals surface area contributed by atoms with Crippen LogP contribution in [0.2, 0.25) is 0 Å². The highest BCUT2D eigenvalue weighted by Crippen LogP contribution is 2.36. The molecule has 7 heteroatoms. The number of nitrogens with one attached hydrogen (secondary N) is 1. The van der Waals surface area contributed by atoms with Crippen molar-refractivity contribution in [1.29, 1.82) is 0 Å². The van der Waals surface area contributed by atoms with E-state index >= 15 is 0 Å². The molecule has 0 bridgehead atoms. The second-order valence-electron chi connectivity index (χ2n) is 4.09. The van der Waals surface area contributed by atoms with Gasteiger partial charge in [-0.15, -0.1) is 0 Å². The topological polar surface area (TPSA) is 75.2 Å². The molecule has 0 saturated carbocycles. The molecule has 0 aliphatic carbocycles. The molecule has 1 aromatic heterocycles. The van der Waals surface area contributed by atoms with Crippen molar-refractivity contribution in [2.75, 3.05) is 6.61 Å². The fourth-order valence-electron chi connectivity index (χ4n) is 2.06. The lowest BCUT2D eigenvalue weighted by atomic mass is 10.0. The molecule has 1 aliphatic heterocycles. The van der Waals surface area contributed by atoms with Gasteiger partial charge >= 0.3 is 5.97 Å². The van der Waals surface area contributed by atoms with Crippen molar-refractivity contribution in [3.63, 3.8) is 0 Å². The largest absolute Gasteiger partial charge is 0.493 e. The first-order valence-electron chi connectivity index (χ1n) is 5.50. The average molecular weight is 266 g/mol. The fourth-order valence-corrected chi connectivity index (χ4v) is 2.06. The van der Waals surface area contributed by atoms with Gasteiger partial charge in [-0.05, 0) is 6.07 Å². The summed E-state index contributed by atoms with van der Waals surface area (Å²) in [7, 11) is 0. The average Bonchev–Trinajstić information content (AvgIpc) is 2.97. The summed E-state index contributed by atoms with van der Waals surface area (Å²) in [6.07, 6.45) is 0.352. The smallest absolute Gasteiger partial charge is 0.353 e. The van der Waals surface area contributed by atoms with E-state index in [1.807, 2.05) is 0 Å². The summed E-state index contributed by atoms with van der Waals surface area (Å²) in [4.78, 5) is 10.7. The van der Waals surface area contributed by atoms with Crippen LogP contribution in [0.3, 0.4) is 0 Å². The zero-order valence-corrected chi connectivity index (χ0v) is 9.54. The van der Waals surface area contributed by atoms with Gasteiger partial charge in [0.1, 0.15) is 23.1 Å². The van der Waals surface area contributed by atoms with Gasteiger partial charge in [-0.2, -0.15) is 5.10 Å². The van der Waals surface area contributed by atoms with Gasteiger partial charge in [-0.1, -0.05) is 0 Å². The van der Waals surface area contributed by atoms with Crippen LogP contribution in [-0.2, 0) is 6.42 Å². The Morgan fingerprint density at radius 1 is 1.42 bits per heavy atom. The second-order valence-corrected chi connectivity index (χ2v) is 4.09. The van der Waals surface area contributed by atoms with Gasteiger partial charge in [0, 0.05) is 18.1 Å². The van der Waals surface area contributed by atoms with Crippen molar-refractivity contribution in [2.24, 2.45) is 0 Å². The third-order valence-electron chi connectivity index (χ3n) is 2.95. The molecule has 2 heterocycles. The first kappa shape index (κ1) is 11.6. The summed E-state index contributed by atoms with van der Waals surface area (Å²) in [6, 6.07) is 2.18. The summed E-state index contributed by atoms with van der Waals surface area (Å²) < 4.78 is 33.2. The van der Waals surface area contributed by atoms with Crippen LogP contribution in [-0.4, -0.2) is 27.9 Å². The summed E-state index contributed by atoms with van der Waals surface area (Å²) in [6.45, 7) is 0.302. The molecular weight excluding hydrogens is 258 g/mol. The lowest BCUT2D eigenvalue weighted by Gasteiger charge is -2.06. The van der Waals surface area contributed by atoms with Gasteiger partial charge in [-0.3, -0.25) is 5.10 Å². The Labute approximate surface area is 105 Å². The molecule has 3 rings (SSSR count). The number of rotatable bonds is 2. The molecule has 1 aromatic carbocycles. The standard InChI is InChI=1S/C12H8F2N2O3/c13-6-3-9-5(1-2-19-9)11(14)10(6)7-4-8(12(17)18)16-15-7/h3-4H,1-2H2,(H,15,16)(H,17,18). The monoisotopic (exact) mass is 266 g/mol. The molecule has 0 amide bonds. The SMILES string of the molecule is O=C(O)c1cc(-c2c(F)cc3c(c2F)CCO3)n[nH]1. The van der Waals surface area contributed by atoms with Gasteiger partial charge < -0.3 is 9.84 Å². The zero-order chi connectivity index (χ0) is 13.6. The molecule has 0 saturated heterocycles. The number of hydrogen-bond donors (Lipinski definition) is 2. The van der Waals surface area contributed by atoms with Crippen molar-refractivity contribution >= 4 is 5.97 Å². The number of carboxylic acids is 1. The number of carbonyl (C=O) groups is 1. The van der Waals surface area contributed by atoms with Crippen molar-refractivity contribution in [2.45, 2.75) is 6.42 Å².